The summed E-state index contributed by atoms with van der Waals surface area (Å²) >= 11 is 0. The average molecular weight is 313 g/mol. The van der Waals surface area contributed by atoms with Crippen LogP contribution in [0.5, 0.6) is 0 Å². The molecular weight excluding hydrogens is 286 g/mol. The fraction of sp³-hybridized carbons (Fsp3) is 0.812. The maximum Gasteiger partial charge on any atom is 0.223 e. The number of carbonyl (C=O) groups excluding carboxylic acids is 1. The van der Waals surface area contributed by atoms with E-state index in [1.807, 2.05) is 0 Å². The quantitative estimate of drug-likeness (QED) is 0.586. The monoisotopic (exact) mass is 313 g/mol. The van der Waals surface area contributed by atoms with Crippen LogP contribution in [0.15, 0.2) is 11.8 Å². The number of ether oxygens (including phenoxy) is 1. The molecule has 1 fully saturated rings. The van der Waals surface area contributed by atoms with E-state index in [4.69, 9.17) is 4.74 Å². The molecule has 0 aromatic heterocycles. The topological polar surface area (TPSA) is 99.0 Å². The molecule has 1 heterocycles. The van der Waals surface area contributed by atoms with Gasteiger partial charge in [0.15, 0.2) is 0 Å². The summed E-state index contributed by atoms with van der Waals surface area (Å²) in [7, 11) is 0. The molecule has 0 spiro atoms. The second kappa shape index (κ2) is 7.44. The van der Waals surface area contributed by atoms with Crippen LogP contribution >= 0.6 is 0 Å². The van der Waals surface area contributed by atoms with Crippen molar-refractivity contribution in [1.29, 1.82) is 0 Å². The van der Waals surface area contributed by atoms with Crippen molar-refractivity contribution in [2.75, 3.05) is 6.54 Å². The Morgan fingerprint density at radius 3 is 2.68 bits per heavy atom. The van der Waals surface area contributed by atoms with Gasteiger partial charge in [0.05, 0.1) is 11.9 Å². The Kier molecular flexibility index (Phi) is 5.83. The van der Waals surface area contributed by atoms with Gasteiger partial charge in [-0.3, -0.25) is 4.79 Å². The van der Waals surface area contributed by atoms with Gasteiger partial charge in [0, 0.05) is 18.4 Å². The summed E-state index contributed by atoms with van der Waals surface area (Å²) in [5, 5.41) is 33.0. The molecule has 5 atom stereocenters. The number of nitrogens with one attached hydrogen (secondary N) is 1. The summed E-state index contributed by atoms with van der Waals surface area (Å²) in [5.74, 6) is 0.161. The molecule has 0 aromatic rings. The Balaban J connectivity index is 1.84. The van der Waals surface area contributed by atoms with Crippen molar-refractivity contribution in [2.24, 2.45) is 11.8 Å². The van der Waals surface area contributed by atoms with E-state index < -0.39 is 24.4 Å². The van der Waals surface area contributed by atoms with E-state index in [1.54, 1.807) is 19.9 Å². The number of aliphatic hydroxyl groups excluding tert-OH is 3. The van der Waals surface area contributed by atoms with Crippen molar-refractivity contribution in [3.8, 4) is 0 Å². The second-order valence-corrected chi connectivity index (χ2v) is 6.49. The summed E-state index contributed by atoms with van der Waals surface area (Å²) in [6, 6.07) is 0. The summed E-state index contributed by atoms with van der Waals surface area (Å²) < 4.78 is 5.54. The standard InChI is InChI=1S/C16H27NO5/c1-9-7-12(18)10(2)15(22-9)14(20)13(19)8-17-16(21)11-5-3-4-6-11/h7,10-15,18-20H,3-6,8H2,1-2H3,(H,17,21)/t10-,12?,13+,14+,15?/m1/s1. The van der Waals surface area contributed by atoms with Crippen molar-refractivity contribution in [2.45, 2.75) is 63.9 Å². The van der Waals surface area contributed by atoms with Crippen LogP contribution < -0.4 is 5.32 Å². The van der Waals surface area contributed by atoms with Gasteiger partial charge in [-0.1, -0.05) is 19.8 Å². The van der Waals surface area contributed by atoms with Gasteiger partial charge < -0.3 is 25.4 Å². The predicted molar refractivity (Wildman–Crippen MR) is 80.8 cm³/mol. The molecule has 6 heteroatoms. The summed E-state index contributed by atoms with van der Waals surface area (Å²) in [5.41, 5.74) is 0. The lowest BCUT2D eigenvalue weighted by Crippen LogP contribution is -2.51. The highest BCUT2D eigenvalue weighted by Gasteiger charge is 2.38. The van der Waals surface area contributed by atoms with Crippen molar-refractivity contribution in [3.05, 3.63) is 11.8 Å². The molecule has 1 saturated carbocycles. The highest BCUT2D eigenvalue weighted by Crippen LogP contribution is 2.27. The highest BCUT2D eigenvalue weighted by atomic mass is 16.5. The molecule has 2 aliphatic rings. The van der Waals surface area contributed by atoms with Crippen molar-refractivity contribution in [1.82, 2.24) is 5.32 Å². The molecule has 1 aliphatic heterocycles. The Labute approximate surface area is 131 Å². The van der Waals surface area contributed by atoms with Gasteiger partial charge in [0.2, 0.25) is 5.91 Å². The van der Waals surface area contributed by atoms with E-state index in [-0.39, 0.29) is 24.3 Å². The molecular formula is C16H27NO5. The fourth-order valence-corrected chi connectivity index (χ4v) is 3.21. The van der Waals surface area contributed by atoms with Crippen LogP contribution in [0.25, 0.3) is 0 Å². The van der Waals surface area contributed by atoms with Crippen molar-refractivity contribution >= 4 is 5.91 Å². The summed E-state index contributed by atoms with van der Waals surface area (Å²) in [6.45, 7) is 3.44. The number of hydrogen-bond acceptors (Lipinski definition) is 5. The largest absolute Gasteiger partial charge is 0.492 e. The molecule has 126 valence electrons. The van der Waals surface area contributed by atoms with Crippen LogP contribution in [-0.4, -0.2) is 52.2 Å². The lowest BCUT2D eigenvalue weighted by Gasteiger charge is -2.36. The molecule has 2 unspecified atom stereocenters. The molecule has 0 radical (unpaired) electrons. The van der Waals surface area contributed by atoms with Gasteiger partial charge in [-0.25, -0.2) is 0 Å². The van der Waals surface area contributed by atoms with Gasteiger partial charge in [0.1, 0.15) is 18.3 Å². The van der Waals surface area contributed by atoms with Gasteiger partial charge in [-0.05, 0) is 25.8 Å². The van der Waals surface area contributed by atoms with Crippen molar-refractivity contribution < 1.29 is 24.9 Å². The SMILES string of the molecule is CC1=CC(O)[C@@H](C)C([C@@H](O)[C@@H](O)CNC(=O)C2CCCC2)O1. The molecule has 6 nitrogen and oxygen atoms in total. The Hall–Kier alpha value is -1.11. The Morgan fingerprint density at radius 2 is 2.05 bits per heavy atom. The van der Waals surface area contributed by atoms with E-state index in [0.29, 0.717) is 5.76 Å². The fourth-order valence-electron chi connectivity index (χ4n) is 3.21. The van der Waals surface area contributed by atoms with Crippen LogP contribution in [0.1, 0.15) is 39.5 Å². The van der Waals surface area contributed by atoms with Crippen LogP contribution in [0.4, 0.5) is 0 Å². The summed E-state index contributed by atoms with van der Waals surface area (Å²) in [4.78, 5) is 11.9. The van der Waals surface area contributed by atoms with E-state index in [1.165, 1.54) is 0 Å². The Morgan fingerprint density at radius 1 is 1.41 bits per heavy atom. The normalized spacial score (nSPS) is 32.0. The maximum absolute atomic E-state index is 11.9. The van der Waals surface area contributed by atoms with Crippen LogP contribution in [0.3, 0.4) is 0 Å². The number of aliphatic hydroxyl groups is 3. The minimum atomic E-state index is -1.17. The molecule has 4 N–H and O–H groups in total. The van der Waals surface area contributed by atoms with Crippen LogP contribution in [0, 0.1) is 11.8 Å². The number of amides is 1. The third-order valence-corrected chi connectivity index (χ3v) is 4.73. The third-order valence-electron chi connectivity index (χ3n) is 4.73. The third kappa shape index (κ3) is 4.00. The molecule has 0 saturated heterocycles. The number of carbonyl (C=O) groups is 1. The van der Waals surface area contributed by atoms with Gasteiger partial charge >= 0.3 is 0 Å². The van der Waals surface area contributed by atoms with Gasteiger partial charge in [-0.2, -0.15) is 0 Å². The minimum absolute atomic E-state index is 0.0120. The zero-order valence-corrected chi connectivity index (χ0v) is 13.2. The minimum Gasteiger partial charge on any atom is -0.492 e. The zero-order chi connectivity index (χ0) is 16.3. The zero-order valence-electron chi connectivity index (χ0n) is 13.2. The first-order valence-electron chi connectivity index (χ1n) is 8.07. The van der Waals surface area contributed by atoms with E-state index >= 15 is 0 Å². The van der Waals surface area contributed by atoms with E-state index in [0.717, 1.165) is 25.7 Å². The second-order valence-electron chi connectivity index (χ2n) is 6.49. The smallest absolute Gasteiger partial charge is 0.223 e. The average Bonchev–Trinajstić information content (AvgIpc) is 3.01. The highest BCUT2D eigenvalue weighted by molar-refractivity contribution is 5.78. The van der Waals surface area contributed by atoms with E-state index in [2.05, 4.69) is 5.32 Å². The van der Waals surface area contributed by atoms with Crippen LogP contribution in [-0.2, 0) is 9.53 Å². The first-order chi connectivity index (χ1) is 10.4. The molecule has 2 rings (SSSR count). The Bertz CT molecular complexity index is 419. The molecule has 1 amide bonds. The first-order valence-corrected chi connectivity index (χ1v) is 8.07. The number of rotatable bonds is 5. The predicted octanol–water partition coefficient (Wildman–Crippen LogP) is 0.314. The van der Waals surface area contributed by atoms with Gasteiger partial charge in [0.25, 0.3) is 0 Å². The maximum atomic E-state index is 11.9. The number of allylic oxidation sites excluding steroid dienone is 1. The molecule has 0 aromatic carbocycles. The summed E-state index contributed by atoms with van der Waals surface area (Å²) in [6.07, 6.45) is 1.80. The molecule has 0 bridgehead atoms. The van der Waals surface area contributed by atoms with Gasteiger partial charge in [-0.15, -0.1) is 0 Å². The van der Waals surface area contributed by atoms with Crippen LogP contribution in [0.2, 0.25) is 0 Å². The lowest BCUT2D eigenvalue weighted by atomic mass is 9.89. The number of hydrogen-bond donors (Lipinski definition) is 4. The molecule has 22 heavy (non-hydrogen) atoms. The van der Waals surface area contributed by atoms with E-state index in [9.17, 15) is 20.1 Å². The van der Waals surface area contributed by atoms with Crippen molar-refractivity contribution in [3.63, 3.8) is 0 Å². The lowest BCUT2D eigenvalue weighted by molar-refractivity contribution is -0.129. The molecule has 1 aliphatic carbocycles. The first kappa shape index (κ1) is 17.2.